The quantitative estimate of drug-likeness (QED) is 0.661. The minimum Gasteiger partial charge on any atom is -0.480 e. The van der Waals surface area contributed by atoms with Crippen LogP contribution in [0.15, 0.2) is 30.9 Å². The predicted molar refractivity (Wildman–Crippen MR) is 61.7 cm³/mol. The van der Waals surface area contributed by atoms with Crippen molar-refractivity contribution in [2.45, 2.75) is 0 Å². The minimum absolute atomic E-state index is 0.559. The number of aryl methyl sites for hydroxylation is 1. The van der Waals surface area contributed by atoms with Crippen molar-refractivity contribution in [3.8, 4) is 17.0 Å². The molecule has 3 heterocycles. The molecule has 0 spiro atoms. The van der Waals surface area contributed by atoms with E-state index in [1.807, 2.05) is 19.3 Å². The number of hydrogen-bond acceptors (Lipinski definition) is 4. The Kier molecular flexibility index (Phi) is 2.07. The molecule has 0 aromatic carbocycles. The van der Waals surface area contributed by atoms with Crippen molar-refractivity contribution in [2.24, 2.45) is 7.05 Å². The first-order valence-electron chi connectivity index (χ1n) is 5.15. The van der Waals surface area contributed by atoms with Crippen LogP contribution in [0.5, 0.6) is 5.88 Å². The highest BCUT2D eigenvalue weighted by Gasteiger charge is 2.11. The number of imidazole rings is 1. The van der Waals surface area contributed by atoms with Crippen molar-refractivity contribution in [2.75, 3.05) is 7.11 Å². The van der Waals surface area contributed by atoms with Gasteiger partial charge in [0.2, 0.25) is 5.88 Å². The maximum absolute atomic E-state index is 5.29. The number of methoxy groups -OCH3 is 1. The van der Waals surface area contributed by atoms with E-state index < -0.39 is 0 Å². The fraction of sp³-hybridized carbons (Fsp3) is 0.182. The molecule has 0 saturated carbocycles. The zero-order valence-electron chi connectivity index (χ0n) is 9.53. The number of ether oxygens (including phenoxy) is 1. The molecular formula is C11H11N5O. The monoisotopic (exact) mass is 229 g/mol. The van der Waals surface area contributed by atoms with Crippen molar-refractivity contribution in [1.82, 2.24) is 24.4 Å². The van der Waals surface area contributed by atoms with Crippen LogP contribution in [0.1, 0.15) is 0 Å². The Morgan fingerprint density at radius 2 is 2.24 bits per heavy atom. The Morgan fingerprint density at radius 3 is 2.94 bits per heavy atom. The summed E-state index contributed by atoms with van der Waals surface area (Å²) in [4.78, 5) is 4.20. The van der Waals surface area contributed by atoms with Crippen LogP contribution in [0.25, 0.3) is 16.8 Å². The number of nitrogens with zero attached hydrogens (tertiary/aromatic N) is 5. The average molecular weight is 229 g/mol. The highest BCUT2D eigenvalue weighted by atomic mass is 16.5. The molecule has 3 aromatic heterocycles. The van der Waals surface area contributed by atoms with E-state index in [1.165, 1.54) is 0 Å². The van der Waals surface area contributed by atoms with Crippen molar-refractivity contribution in [1.29, 1.82) is 0 Å². The van der Waals surface area contributed by atoms with Gasteiger partial charge in [0.1, 0.15) is 0 Å². The van der Waals surface area contributed by atoms with Gasteiger partial charge in [-0.3, -0.25) is 4.68 Å². The lowest BCUT2D eigenvalue weighted by atomic mass is 10.2. The van der Waals surface area contributed by atoms with Gasteiger partial charge >= 0.3 is 0 Å². The summed E-state index contributed by atoms with van der Waals surface area (Å²) in [6.45, 7) is 0. The van der Waals surface area contributed by atoms with E-state index in [9.17, 15) is 0 Å². The van der Waals surface area contributed by atoms with Crippen LogP contribution in [0.2, 0.25) is 0 Å². The molecule has 3 rings (SSSR count). The summed E-state index contributed by atoms with van der Waals surface area (Å²) in [5.41, 5.74) is 2.63. The Bertz CT molecular complexity index is 669. The molecule has 0 aliphatic rings. The van der Waals surface area contributed by atoms with Crippen LogP contribution < -0.4 is 4.74 Å². The summed E-state index contributed by atoms with van der Waals surface area (Å²) in [7, 11) is 3.47. The zero-order valence-corrected chi connectivity index (χ0v) is 9.53. The zero-order chi connectivity index (χ0) is 11.8. The number of aromatic nitrogens is 5. The van der Waals surface area contributed by atoms with Crippen molar-refractivity contribution >= 4 is 5.65 Å². The van der Waals surface area contributed by atoms with E-state index >= 15 is 0 Å². The van der Waals surface area contributed by atoms with Crippen LogP contribution in [-0.4, -0.2) is 31.5 Å². The van der Waals surface area contributed by atoms with Gasteiger partial charge in [0.15, 0.2) is 5.65 Å². The van der Waals surface area contributed by atoms with Gasteiger partial charge < -0.3 is 4.74 Å². The summed E-state index contributed by atoms with van der Waals surface area (Å²) < 4.78 is 8.71. The van der Waals surface area contributed by atoms with Crippen molar-refractivity contribution in [3.05, 3.63) is 30.9 Å². The second-order valence-corrected chi connectivity index (χ2v) is 3.70. The standard InChI is InChI=1S/C11H11N5O/c1-15-7-8(6-13-15)9-5-10-12-3-4-16(10)14-11(9)17-2/h3-7H,1-2H3. The van der Waals surface area contributed by atoms with Gasteiger partial charge in [-0.15, -0.1) is 5.10 Å². The lowest BCUT2D eigenvalue weighted by Gasteiger charge is -2.05. The highest BCUT2D eigenvalue weighted by molar-refractivity contribution is 5.70. The molecule has 86 valence electrons. The molecule has 0 unspecified atom stereocenters. The Morgan fingerprint density at radius 1 is 1.35 bits per heavy atom. The van der Waals surface area contributed by atoms with Crippen LogP contribution in [0.3, 0.4) is 0 Å². The van der Waals surface area contributed by atoms with E-state index in [2.05, 4.69) is 15.2 Å². The van der Waals surface area contributed by atoms with E-state index in [0.29, 0.717) is 5.88 Å². The molecule has 17 heavy (non-hydrogen) atoms. The summed E-state index contributed by atoms with van der Waals surface area (Å²) in [5.74, 6) is 0.559. The largest absolute Gasteiger partial charge is 0.480 e. The van der Waals surface area contributed by atoms with Crippen LogP contribution in [-0.2, 0) is 7.05 Å². The van der Waals surface area contributed by atoms with Gasteiger partial charge in [-0.1, -0.05) is 0 Å². The fourth-order valence-electron chi connectivity index (χ4n) is 1.76. The molecule has 0 amide bonds. The topological polar surface area (TPSA) is 57.2 Å². The van der Waals surface area contributed by atoms with Gasteiger partial charge in [0, 0.05) is 31.2 Å². The first-order valence-corrected chi connectivity index (χ1v) is 5.15. The smallest absolute Gasteiger partial charge is 0.239 e. The van der Waals surface area contributed by atoms with Gasteiger partial charge in [0.05, 0.1) is 18.9 Å². The third kappa shape index (κ3) is 1.54. The lowest BCUT2D eigenvalue weighted by Crippen LogP contribution is -1.97. The summed E-state index contributed by atoms with van der Waals surface area (Å²) >= 11 is 0. The maximum atomic E-state index is 5.29. The highest BCUT2D eigenvalue weighted by Crippen LogP contribution is 2.28. The molecule has 3 aromatic rings. The molecule has 0 aliphatic heterocycles. The minimum atomic E-state index is 0.559. The SMILES string of the molecule is COc1nn2ccnc2cc1-c1cnn(C)c1. The predicted octanol–water partition coefficient (Wildman–Crippen LogP) is 1.14. The summed E-state index contributed by atoms with van der Waals surface area (Å²) in [5, 5.41) is 8.48. The van der Waals surface area contributed by atoms with Crippen LogP contribution in [0.4, 0.5) is 0 Å². The van der Waals surface area contributed by atoms with Gasteiger partial charge in [-0.05, 0) is 6.07 Å². The molecule has 0 aliphatic carbocycles. The normalized spacial score (nSPS) is 10.9. The number of hydrogen-bond donors (Lipinski definition) is 0. The Hall–Kier alpha value is -2.37. The van der Waals surface area contributed by atoms with E-state index in [-0.39, 0.29) is 0 Å². The van der Waals surface area contributed by atoms with Gasteiger partial charge in [-0.25, -0.2) is 9.50 Å². The van der Waals surface area contributed by atoms with Crippen molar-refractivity contribution < 1.29 is 4.74 Å². The first-order chi connectivity index (χ1) is 8.28. The number of rotatable bonds is 2. The third-order valence-electron chi connectivity index (χ3n) is 2.56. The Labute approximate surface area is 97.5 Å². The molecule has 0 atom stereocenters. The molecule has 0 N–H and O–H groups in total. The van der Waals surface area contributed by atoms with Crippen molar-refractivity contribution in [3.63, 3.8) is 0 Å². The second-order valence-electron chi connectivity index (χ2n) is 3.70. The van der Waals surface area contributed by atoms with Gasteiger partial charge in [-0.2, -0.15) is 5.10 Å². The first kappa shape index (κ1) is 9.83. The van der Waals surface area contributed by atoms with E-state index in [0.717, 1.165) is 16.8 Å². The Balaban J connectivity index is 2.25. The molecule has 0 fully saturated rings. The van der Waals surface area contributed by atoms with E-state index in [1.54, 1.807) is 34.9 Å². The molecule has 6 nitrogen and oxygen atoms in total. The molecule has 0 saturated heterocycles. The van der Waals surface area contributed by atoms with Crippen LogP contribution in [0, 0.1) is 0 Å². The average Bonchev–Trinajstić information content (AvgIpc) is 2.94. The summed E-state index contributed by atoms with van der Waals surface area (Å²) in [6.07, 6.45) is 7.18. The second kappa shape index (κ2) is 3.58. The molecule has 6 heteroatoms. The van der Waals surface area contributed by atoms with Crippen LogP contribution >= 0.6 is 0 Å². The lowest BCUT2D eigenvalue weighted by molar-refractivity contribution is 0.392. The fourth-order valence-corrected chi connectivity index (χ4v) is 1.76. The molecular weight excluding hydrogens is 218 g/mol. The number of fused-ring (bicyclic) bond motifs is 1. The molecule has 0 bridgehead atoms. The molecule has 0 radical (unpaired) electrons. The summed E-state index contributed by atoms with van der Waals surface area (Å²) in [6, 6.07) is 1.93. The maximum Gasteiger partial charge on any atom is 0.239 e. The van der Waals surface area contributed by atoms with Gasteiger partial charge in [0.25, 0.3) is 0 Å². The van der Waals surface area contributed by atoms with E-state index in [4.69, 9.17) is 4.74 Å². The third-order valence-corrected chi connectivity index (χ3v) is 2.56.